The fraction of sp³-hybridized carbons (Fsp3) is 0.182. The van der Waals surface area contributed by atoms with E-state index in [1.807, 2.05) is 41.8 Å². The quantitative estimate of drug-likeness (QED) is 0.652. The van der Waals surface area contributed by atoms with Crippen molar-refractivity contribution in [3.8, 4) is 0 Å². The summed E-state index contributed by atoms with van der Waals surface area (Å²) in [6.07, 6.45) is 1.64. The second kappa shape index (κ2) is 8.35. The molecule has 4 rings (SSSR count). The van der Waals surface area contributed by atoms with E-state index < -0.39 is 0 Å². The van der Waals surface area contributed by atoms with Gasteiger partial charge in [-0.1, -0.05) is 24.3 Å². The minimum Gasteiger partial charge on any atom is -0.338 e. The van der Waals surface area contributed by atoms with Gasteiger partial charge >= 0.3 is 6.03 Å². The lowest BCUT2D eigenvalue weighted by Crippen LogP contribution is -2.30. The lowest BCUT2D eigenvalue weighted by atomic mass is 9.93. The molecule has 4 nitrogen and oxygen atoms in total. The SMILES string of the molecule is O=C(NCCc1cccs1)Nc1ccc(C2=NCCc3ccc(F)cc32)cc1. The molecule has 3 aromatic rings. The highest BCUT2D eigenvalue weighted by Gasteiger charge is 2.16. The van der Waals surface area contributed by atoms with Gasteiger partial charge in [0.05, 0.1) is 5.71 Å². The highest BCUT2D eigenvalue weighted by molar-refractivity contribution is 7.09. The number of anilines is 1. The van der Waals surface area contributed by atoms with Crippen molar-refractivity contribution in [3.05, 3.63) is 87.4 Å². The van der Waals surface area contributed by atoms with Gasteiger partial charge in [0.2, 0.25) is 0 Å². The topological polar surface area (TPSA) is 53.5 Å². The van der Waals surface area contributed by atoms with Crippen molar-refractivity contribution in [3.63, 3.8) is 0 Å². The minimum absolute atomic E-state index is 0.230. The molecule has 142 valence electrons. The molecule has 1 aliphatic heterocycles. The molecule has 2 heterocycles. The second-order valence-electron chi connectivity index (χ2n) is 6.57. The lowest BCUT2D eigenvalue weighted by molar-refractivity contribution is 0.252. The first-order valence-corrected chi connectivity index (χ1v) is 10.1. The summed E-state index contributed by atoms with van der Waals surface area (Å²) in [4.78, 5) is 17.9. The zero-order valence-corrected chi connectivity index (χ0v) is 16.1. The van der Waals surface area contributed by atoms with Crippen LogP contribution in [0.1, 0.15) is 21.6 Å². The Labute approximate surface area is 167 Å². The fourth-order valence-electron chi connectivity index (χ4n) is 3.25. The van der Waals surface area contributed by atoms with E-state index in [1.54, 1.807) is 17.4 Å². The number of urea groups is 1. The molecule has 0 unspecified atom stereocenters. The van der Waals surface area contributed by atoms with E-state index in [0.29, 0.717) is 18.8 Å². The van der Waals surface area contributed by atoms with Gasteiger partial charge in [0, 0.05) is 34.8 Å². The number of benzene rings is 2. The normalized spacial score (nSPS) is 12.8. The standard InChI is InChI=1S/C22H20FN3OS/c23-17-6-3-15-9-11-24-21(20(15)14-17)16-4-7-18(8-5-16)26-22(27)25-12-10-19-2-1-13-28-19/h1-8,13-14H,9-12H2,(H2,25,26,27). The van der Waals surface area contributed by atoms with Crippen LogP contribution in [0.5, 0.6) is 0 Å². The van der Waals surface area contributed by atoms with Crippen molar-refractivity contribution in [2.75, 3.05) is 18.4 Å². The first-order chi connectivity index (χ1) is 13.7. The minimum atomic E-state index is -0.258. The van der Waals surface area contributed by atoms with Gasteiger partial charge in [0.25, 0.3) is 0 Å². The van der Waals surface area contributed by atoms with Crippen LogP contribution in [0.25, 0.3) is 0 Å². The molecule has 1 aromatic heterocycles. The lowest BCUT2D eigenvalue weighted by Gasteiger charge is -2.17. The van der Waals surface area contributed by atoms with Crippen LogP contribution < -0.4 is 10.6 Å². The fourth-order valence-corrected chi connectivity index (χ4v) is 3.96. The molecule has 0 radical (unpaired) electrons. The van der Waals surface area contributed by atoms with Crippen LogP contribution in [0.15, 0.2) is 65.0 Å². The number of nitrogens with one attached hydrogen (secondary N) is 2. The van der Waals surface area contributed by atoms with Crippen molar-refractivity contribution in [1.29, 1.82) is 0 Å². The van der Waals surface area contributed by atoms with Crippen molar-refractivity contribution in [1.82, 2.24) is 5.32 Å². The highest BCUT2D eigenvalue weighted by Crippen LogP contribution is 2.22. The van der Waals surface area contributed by atoms with Crippen LogP contribution in [0.4, 0.5) is 14.9 Å². The summed E-state index contributed by atoms with van der Waals surface area (Å²) >= 11 is 1.68. The number of halogens is 1. The Morgan fingerprint density at radius 3 is 2.79 bits per heavy atom. The van der Waals surface area contributed by atoms with Crippen LogP contribution in [0.3, 0.4) is 0 Å². The molecular formula is C22H20FN3OS. The zero-order chi connectivity index (χ0) is 19.3. The molecule has 0 aliphatic carbocycles. The van der Waals surface area contributed by atoms with E-state index in [1.165, 1.54) is 10.9 Å². The van der Waals surface area contributed by atoms with E-state index in [9.17, 15) is 9.18 Å². The Kier molecular flexibility index (Phi) is 5.48. The van der Waals surface area contributed by atoms with E-state index >= 15 is 0 Å². The van der Waals surface area contributed by atoms with Gasteiger partial charge in [-0.15, -0.1) is 11.3 Å². The number of amides is 2. The van der Waals surface area contributed by atoms with Gasteiger partial charge in [-0.2, -0.15) is 0 Å². The summed E-state index contributed by atoms with van der Waals surface area (Å²) in [6.45, 7) is 1.28. The third-order valence-electron chi connectivity index (χ3n) is 4.63. The summed E-state index contributed by atoms with van der Waals surface area (Å²) in [5, 5.41) is 7.72. The first-order valence-electron chi connectivity index (χ1n) is 9.20. The molecule has 0 fully saturated rings. The van der Waals surface area contributed by atoms with Gasteiger partial charge in [0.15, 0.2) is 0 Å². The molecule has 0 saturated carbocycles. The summed E-state index contributed by atoms with van der Waals surface area (Å²) < 4.78 is 13.7. The predicted molar refractivity (Wildman–Crippen MR) is 112 cm³/mol. The van der Waals surface area contributed by atoms with Crippen LogP contribution >= 0.6 is 11.3 Å². The molecular weight excluding hydrogens is 373 g/mol. The second-order valence-corrected chi connectivity index (χ2v) is 7.60. The number of carbonyl (C=O) groups excluding carboxylic acids is 1. The number of rotatable bonds is 5. The molecule has 0 spiro atoms. The molecule has 2 N–H and O–H groups in total. The van der Waals surface area contributed by atoms with Gasteiger partial charge in [-0.05, 0) is 54.1 Å². The van der Waals surface area contributed by atoms with Crippen LogP contribution in [0.2, 0.25) is 0 Å². The molecule has 0 saturated heterocycles. The molecule has 0 atom stereocenters. The van der Waals surface area contributed by atoms with Crippen molar-refractivity contribution >= 4 is 28.8 Å². The average Bonchev–Trinajstić information content (AvgIpc) is 3.22. The Hall–Kier alpha value is -2.99. The van der Waals surface area contributed by atoms with E-state index in [2.05, 4.69) is 21.7 Å². The smallest absolute Gasteiger partial charge is 0.319 e. The van der Waals surface area contributed by atoms with Gasteiger partial charge in [-0.25, -0.2) is 9.18 Å². The van der Waals surface area contributed by atoms with Gasteiger partial charge in [-0.3, -0.25) is 4.99 Å². The Bertz CT molecular complexity index is 997. The summed E-state index contributed by atoms with van der Waals surface area (Å²) in [6, 6.07) is 16.2. The van der Waals surface area contributed by atoms with Crippen LogP contribution in [-0.4, -0.2) is 24.8 Å². The largest absolute Gasteiger partial charge is 0.338 e. The average molecular weight is 393 g/mol. The molecule has 2 aromatic carbocycles. The number of aliphatic imine (C=N–C) groups is 1. The number of fused-ring (bicyclic) bond motifs is 1. The van der Waals surface area contributed by atoms with Crippen molar-refractivity contribution < 1.29 is 9.18 Å². The first kappa shape index (κ1) is 18.4. The number of hydrogen-bond acceptors (Lipinski definition) is 3. The van der Waals surface area contributed by atoms with E-state index in [4.69, 9.17) is 0 Å². The Balaban J connectivity index is 1.38. The summed E-state index contributed by atoms with van der Waals surface area (Å²) in [7, 11) is 0. The van der Waals surface area contributed by atoms with E-state index in [0.717, 1.165) is 35.2 Å². The summed E-state index contributed by atoms with van der Waals surface area (Å²) in [5.41, 5.74) is 4.37. The van der Waals surface area contributed by atoms with Crippen molar-refractivity contribution in [2.24, 2.45) is 4.99 Å². The molecule has 2 amide bonds. The van der Waals surface area contributed by atoms with Crippen LogP contribution in [-0.2, 0) is 12.8 Å². The van der Waals surface area contributed by atoms with Gasteiger partial charge in [0.1, 0.15) is 5.82 Å². The third kappa shape index (κ3) is 4.28. The molecule has 28 heavy (non-hydrogen) atoms. The molecule has 1 aliphatic rings. The summed E-state index contributed by atoms with van der Waals surface area (Å²) in [5.74, 6) is -0.258. The maximum absolute atomic E-state index is 13.7. The van der Waals surface area contributed by atoms with E-state index in [-0.39, 0.29) is 11.8 Å². The number of hydrogen-bond donors (Lipinski definition) is 2. The maximum Gasteiger partial charge on any atom is 0.319 e. The Morgan fingerprint density at radius 1 is 1.14 bits per heavy atom. The highest BCUT2D eigenvalue weighted by atomic mass is 32.1. The number of thiophene rings is 1. The third-order valence-corrected chi connectivity index (χ3v) is 5.57. The zero-order valence-electron chi connectivity index (χ0n) is 15.2. The number of nitrogens with zero attached hydrogens (tertiary/aromatic N) is 1. The Morgan fingerprint density at radius 2 is 2.00 bits per heavy atom. The predicted octanol–water partition coefficient (Wildman–Crippen LogP) is 4.64. The monoisotopic (exact) mass is 393 g/mol. The van der Waals surface area contributed by atoms with Crippen LogP contribution in [0, 0.1) is 5.82 Å². The molecule has 0 bridgehead atoms. The van der Waals surface area contributed by atoms with Gasteiger partial charge < -0.3 is 10.6 Å². The van der Waals surface area contributed by atoms with Crippen molar-refractivity contribution in [2.45, 2.75) is 12.8 Å². The molecule has 6 heteroatoms. The maximum atomic E-state index is 13.7. The number of carbonyl (C=O) groups is 1.